The number of anilines is 3. The van der Waals surface area contributed by atoms with E-state index in [-0.39, 0.29) is 64.1 Å². The molecule has 0 bridgehead atoms. The predicted octanol–water partition coefficient (Wildman–Crippen LogP) is -0.477. The molecule has 0 aliphatic rings. The number of nitrogen functional groups attached to an aromatic ring is 1. The summed E-state index contributed by atoms with van der Waals surface area (Å²) in [4.78, 5) is 24.4. The Bertz CT molecular complexity index is 1820. The van der Waals surface area contributed by atoms with Crippen molar-refractivity contribution in [3.63, 3.8) is 0 Å². The molecule has 0 atom stereocenters. The largest absolute Gasteiger partial charge is 1.00 e. The molecule has 0 aliphatic heterocycles. The Morgan fingerprint density at radius 2 is 1.38 bits per heavy atom. The molecule has 13 nitrogen and oxygen atoms in total. The molecule has 2 aromatic carbocycles. The maximum Gasteiger partial charge on any atom is 1.00 e. The topological polar surface area (TPSA) is 203 Å². The fourth-order valence-corrected chi connectivity index (χ4v) is 5.04. The van der Waals surface area contributed by atoms with Gasteiger partial charge in [-0.2, -0.15) is 16.8 Å². The Hall–Kier alpha value is -2.89. The van der Waals surface area contributed by atoms with Gasteiger partial charge in [-0.05, 0) is 36.4 Å². The number of nitrogens with one attached hydrogen (secondary N) is 2. The fraction of sp³-hybridized carbons (Fsp3) is 0.0909. The quantitative estimate of drug-likeness (QED) is 0.142. The zero-order chi connectivity index (χ0) is 27.3. The number of amides is 2. The normalized spacial score (nSPS) is 11.4. The number of hydrogen-bond donors (Lipinski definition) is 5. The summed E-state index contributed by atoms with van der Waals surface area (Å²) in [5.74, 6) is -1.08. The molecule has 2 amide bonds. The molecule has 0 unspecified atom stereocenters. The summed E-state index contributed by atoms with van der Waals surface area (Å²) >= 11 is 0. The maximum absolute atomic E-state index is 13.0. The van der Waals surface area contributed by atoms with Crippen LogP contribution in [0.1, 0.15) is 21.0 Å². The number of benzene rings is 2. The van der Waals surface area contributed by atoms with Crippen LogP contribution in [0.4, 0.5) is 17.1 Å². The SMILES string of the molecule is Cl.Cn1cc(N)cc1C(=O)Nc1cc(C(=O)Nc2ccc(S(=O)(=O)O)c3cc(S(=O)(=O)O)ccc23)n(C)c1.[Na+]. The molecule has 2 aromatic heterocycles. The van der Waals surface area contributed by atoms with Gasteiger partial charge >= 0.3 is 29.6 Å². The van der Waals surface area contributed by atoms with Crippen molar-refractivity contribution in [2.45, 2.75) is 9.79 Å². The number of fused-ring (bicyclic) bond motifs is 1. The number of hydrogen-bond acceptors (Lipinski definition) is 7. The molecule has 0 spiro atoms. The molecule has 0 saturated heterocycles. The molecule has 0 saturated carbocycles. The predicted molar refractivity (Wildman–Crippen MR) is 142 cm³/mol. The minimum atomic E-state index is -4.77. The van der Waals surface area contributed by atoms with Gasteiger partial charge in [-0.15, -0.1) is 12.4 Å². The van der Waals surface area contributed by atoms with Crippen molar-refractivity contribution >= 4 is 72.3 Å². The van der Waals surface area contributed by atoms with Crippen molar-refractivity contribution in [3.8, 4) is 0 Å². The Kier molecular flexibility index (Phi) is 9.69. The van der Waals surface area contributed by atoms with E-state index in [0.717, 1.165) is 18.2 Å². The van der Waals surface area contributed by atoms with E-state index in [1.54, 1.807) is 24.9 Å². The van der Waals surface area contributed by atoms with Gasteiger partial charge in [-0.1, -0.05) is 6.07 Å². The van der Waals surface area contributed by atoms with Crippen LogP contribution in [0.3, 0.4) is 0 Å². The molecule has 39 heavy (non-hydrogen) atoms. The van der Waals surface area contributed by atoms with Crippen LogP contribution in [0.25, 0.3) is 10.8 Å². The summed E-state index contributed by atoms with van der Waals surface area (Å²) in [5.41, 5.74) is 6.97. The average molecular weight is 607 g/mol. The van der Waals surface area contributed by atoms with Crippen molar-refractivity contribution in [1.29, 1.82) is 0 Å². The van der Waals surface area contributed by atoms with Crippen LogP contribution in [0, 0.1) is 0 Å². The smallest absolute Gasteiger partial charge is 0.397 e. The van der Waals surface area contributed by atoms with Crippen LogP contribution in [0.15, 0.2) is 64.6 Å². The average Bonchev–Trinajstić information content (AvgIpc) is 3.32. The summed E-state index contributed by atoms with van der Waals surface area (Å²) in [6.07, 6.45) is 3.09. The van der Waals surface area contributed by atoms with Gasteiger partial charge in [0.15, 0.2) is 0 Å². The third kappa shape index (κ3) is 6.82. The van der Waals surface area contributed by atoms with Crippen LogP contribution in [-0.2, 0) is 34.3 Å². The first-order valence-electron chi connectivity index (χ1n) is 10.4. The van der Waals surface area contributed by atoms with E-state index in [9.17, 15) is 35.5 Å². The second-order valence-electron chi connectivity index (χ2n) is 8.17. The van der Waals surface area contributed by atoms with Gasteiger partial charge in [-0.3, -0.25) is 18.7 Å². The van der Waals surface area contributed by atoms with Crippen LogP contribution in [-0.4, -0.2) is 46.9 Å². The number of aryl methyl sites for hydroxylation is 2. The molecular formula is C22H22ClN5NaO8S2+. The third-order valence-electron chi connectivity index (χ3n) is 5.53. The van der Waals surface area contributed by atoms with Gasteiger partial charge < -0.3 is 25.5 Å². The standard InChI is InChI=1S/C22H21N5O8S2.ClH.Na/c1-26-10-12(23)7-18(26)21(28)24-13-8-19(27(2)11-13)22(29)25-17-5-6-20(37(33,34)35)16-9-14(36(30,31)32)3-4-15(16)17;;/h3-11H,23H2,1-2H3,(H,24,28)(H,25,29)(H,30,31,32)(H,33,34,35);1H;/q;;+1. The minimum absolute atomic E-state index is 0. The first-order chi connectivity index (χ1) is 17.1. The number of aromatic nitrogens is 2. The molecule has 6 N–H and O–H groups in total. The summed E-state index contributed by atoms with van der Waals surface area (Å²) in [6.45, 7) is 0. The molecule has 0 aliphatic carbocycles. The number of carbonyl (C=O) groups excluding carboxylic acids is 2. The second-order valence-corrected chi connectivity index (χ2v) is 11.0. The van der Waals surface area contributed by atoms with Crippen LogP contribution >= 0.6 is 12.4 Å². The molecular weight excluding hydrogens is 585 g/mol. The zero-order valence-corrected chi connectivity index (χ0v) is 25.2. The Morgan fingerprint density at radius 3 is 1.95 bits per heavy atom. The summed E-state index contributed by atoms with van der Waals surface area (Å²) in [7, 11) is -6.22. The van der Waals surface area contributed by atoms with Gasteiger partial charge in [0.25, 0.3) is 32.1 Å². The summed E-state index contributed by atoms with van der Waals surface area (Å²) in [6, 6.07) is 8.21. The molecule has 17 heteroatoms. The molecule has 4 aromatic rings. The summed E-state index contributed by atoms with van der Waals surface area (Å²) in [5, 5.41) is 5.13. The van der Waals surface area contributed by atoms with Crippen molar-refractivity contribution in [1.82, 2.24) is 9.13 Å². The van der Waals surface area contributed by atoms with E-state index < -0.39 is 41.8 Å². The van der Waals surface area contributed by atoms with E-state index in [0.29, 0.717) is 17.1 Å². The van der Waals surface area contributed by atoms with Gasteiger partial charge in [0.1, 0.15) is 16.3 Å². The van der Waals surface area contributed by atoms with Crippen LogP contribution < -0.4 is 45.9 Å². The molecule has 4 rings (SSSR count). The Morgan fingerprint density at radius 1 is 0.795 bits per heavy atom. The van der Waals surface area contributed by atoms with Crippen molar-refractivity contribution in [2.75, 3.05) is 16.4 Å². The first kappa shape index (κ1) is 32.3. The van der Waals surface area contributed by atoms with Gasteiger partial charge in [-0.25, -0.2) is 0 Å². The Labute approximate surface area is 251 Å². The first-order valence-corrected chi connectivity index (χ1v) is 13.3. The fourth-order valence-electron chi connectivity index (χ4n) is 3.85. The number of rotatable bonds is 6. The minimum Gasteiger partial charge on any atom is -0.397 e. The van der Waals surface area contributed by atoms with Crippen LogP contribution in [0.5, 0.6) is 0 Å². The van der Waals surface area contributed by atoms with E-state index in [1.165, 1.54) is 35.0 Å². The molecule has 0 radical (unpaired) electrons. The summed E-state index contributed by atoms with van der Waals surface area (Å²) < 4.78 is 68.7. The monoisotopic (exact) mass is 606 g/mol. The van der Waals surface area contributed by atoms with Gasteiger partial charge in [0, 0.05) is 42.9 Å². The van der Waals surface area contributed by atoms with E-state index >= 15 is 0 Å². The molecule has 202 valence electrons. The van der Waals surface area contributed by atoms with Crippen molar-refractivity contribution in [3.05, 3.63) is 66.2 Å². The zero-order valence-electron chi connectivity index (χ0n) is 20.7. The van der Waals surface area contributed by atoms with Gasteiger partial charge in [0.2, 0.25) is 0 Å². The Balaban J connectivity index is 0.00000267. The van der Waals surface area contributed by atoms with Crippen molar-refractivity contribution < 1.29 is 65.1 Å². The van der Waals surface area contributed by atoms with Gasteiger partial charge in [0.05, 0.1) is 16.3 Å². The third-order valence-corrected chi connectivity index (χ3v) is 7.29. The molecule has 0 fully saturated rings. The maximum atomic E-state index is 13.0. The van der Waals surface area contributed by atoms with E-state index in [4.69, 9.17) is 5.73 Å². The number of nitrogens with zero attached hydrogens (tertiary/aromatic N) is 2. The van der Waals surface area contributed by atoms with E-state index in [1.807, 2.05) is 0 Å². The van der Waals surface area contributed by atoms with E-state index in [2.05, 4.69) is 10.6 Å². The number of nitrogens with two attached hydrogens (primary N) is 1. The number of halogens is 1. The number of carbonyl (C=O) groups is 2. The van der Waals surface area contributed by atoms with Crippen LogP contribution in [0.2, 0.25) is 0 Å². The van der Waals surface area contributed by atoms with Crippen molar-refractivity contribution in [2.24, 2.45) is 14.1 Å². The molecule has 2 heterocycles. The second kappa shape index (κ2) is 11.7.